The molecule has 0 aliphatic carbocycles. The van der Waals surface area contributed by atoms with Gasteiger partial charge in [0.25, 0.3) is 0 Å². The van der Waals surface area contributed by atoms with Gasteiger partial charge in [-0.3, -0.25) is 0 Å². The summed E-state index contributed by atoms with van der Waals surface area (Å²) in [4.78, 5) is 7.07. The normalized spacial score (nSPS) is 17.2. The van der Waals surface area contributed by atoms with E-state index in [4.69, 9.17) is 0 Å². The molecule has 19 heavy (non-hydrogen) atoms. The van der Waals surface area contributed by atoms with Crippen LogP contribution in [0.2, 0.25) is 0 Å². The van der Waals surface area contributed by atoms with E-state index in [2.05, 4.69) is 55.3 Å². The van der Waals surface area contributed by atoms with Crippen molar-refractivity contribution < 1.29 is 0 Å². The number of likely N-dealkylation sites (tertiary alicyclic amines) is 1. The highest BCUT2D eigenvalue weighted by Gasteiger charge is 2.12. The van der Waals surface area contributed by atoms with Crippen molar-refractivity contribution in [2.24, 2.45) is 0 Å². The summed E-state index contributed by atoms with van der Waals surface area (Å²) >= 11 is 3.44. The molecule has 100 valence electrons. The molecule has 0 amide bonds. The minimum atomic E-state index is 0.897. The number of pyridine rings is 1. The fraction of sp³-hybridized carbons (Fsp3) is 0.400. The van der Waals surface area contributed by atoms with Gasteiger partial charge in [-0.05, 0) is 47.0 Å². The molecule has 0 aromatic carbocycles. The first-order valence-corrected chi connectivity index (χ1v) is 7.52. The highest BCUT2D eigenvalue weighted by atomic mass is 79.9. The number of aromatic nitrogens is 2. The van der Waals surface area contributed by atoms with Crippen molar-refractivity contribution >= 4 is 27.0 Å². The van der Waals surface area contributed by atoms with Crippen molar-refractivity contribution in [3.05, 3.63) is 41.2 Å². The van der Waals surface area contributed by atoms with Gasteiger partial charge in [0.2, 0.25) is 0 Å². The van der Waals surface area contributed by atoms with Crippen molar-refractivity contribution in [3.8, 4) is 0 Å². The van der Waals surface area contributed by atoms with Gasteiger partial charge >= 0.3 is 0 Å². The average molecular weight is 320 g/mol. The molecule has 2 aromatic rings. The predicted molar refractivity (Wildman–Crippen MR) is 82.2 cm³/mol. The number of piperidine rings is 1. The van der Waals surface area contributed by atoms with Crippen molar-refractivity contribution in [2.75, 3.05) is 19.6 Å². The van der Waals surface area contributed by atoms with Crippen molar-refractivity contribution in [1.29, 1.82) is 0 Å². The Kier molecular flexibility index (Phi) is 3.71. The third-order valence-electron chi connectivity index (χ3n) is 3.80. The van der Waals surface area contributed by atoms with E-state index in [1.807, 2.05) is 6.07 Å². The highest BCUT2D eigenvalue weighted by molar-refractivity contribution is 9.10. The summed E-state index contributed by atoms with van der Waals surface area (Å²) < 4.78 is 3.14. The Hall–Kier alpha value is -1.13. The first-order chi connectivity index (χ1) is 9.22. The zero-order valence-electron chi connectivity index (χ0n) is 11.0. The Morgan fingerprint density at radius 2 is 1.95 bits per heavy atom. The quantitative estimate of drug-likeness (QED) is 0.638. The lowest BCUT2D eigenvalue weighted by Gasteiger charge is -2.27. The molecule has 0 spiro atoms. The van der Waals surface area contributed by atoms with Crippen LogP contribution in [-0.2, 0) is 6.54 Å². The molecule has 3 nitrogen and oxygen atoms in total. The molecular weight excluding hydrogens is 302 g/mol. The van der Waals surface area contributed by atoms with Gasteiger partial charge in [-0.15, -0.1) is 0 Å². The Morgan fingerprint density at radius 1 is 1.16 bits per heavy atom. The topological polar surface area (TPSA) is 21.1 Å². The van der Waals surface area contributed by atoms with Crippen molar-refractivity contribution in [2.45, 2.75) is 19.4 Å². The van der Waals surface area contributed by atoms with Crippen molar-refractivity contribution in [1.82, 2.24) is 14.5 Å². The number of hydrogen-bond acceptors (Lipinski definition) is 2. The van der Waals surface area contributed by atoms with Gasteiger partial charge in [-0.1, -0.05) is 12.2 Å². The molecule has 1 aliphatic rings. The van der Waals surface area contributed by atoms with E-state index < -0.39 is 0 Å². The molecule has 0 bridgehead atoms. The Morgan fingerprint density at radius 3 is 2.74 bits per heavy atom. The summed E-state index contributed by atoms with van der Waals surface area (Å²) in [6, 6.07) is 6.23. The first-order valence-electron chi connectivity index (χ1n) is 6.73. The van der Waals surface area contributed by atoms with Gasteiger partial charge in [-0.25, -0.2) is 4.98 Å². The van der Waals surface area contributed by atoms with Gasteiger partial charge in [0.1, 0.15) is 10.3 Å². The number of hydrogen-bond donors (Lipinski definition) is 0. The summed E-state index contributed by atoms with van der Waals surface area (Å²) in [5.41, 5.74) is 2.46. The van der Waals surface area contributed by atoms with Crippen LogP contribution in [0.4, 0.5) is 0 Å². The largest absolute Gasteiger partial charge is 0.331 e. The minimum absolute atomic E-state index is 0.897. The van der Waals surface area contributed by atoms with E-state index in [0.717, 1.165) is 49.3 Å². The second-order valence-electron chi connectivity index (χ2n) is 5.15. The molecule has 0 radical (unpaired) electrons. The molecule has 0 atom stereocenters. The van der Waals surface area contributed by atoms with Crippen molar-refractivity contribution in [3.63, 3.8) is 0 Å². The number of halogens is 1. The zero-order valence-corrected chi connectivity index (χ0v) is 12.6. The Balaban J connectivity index is 1.68. The number of nitrogens with zero attached hydrogens (tertiary/aromatic N) is 3. The van der Waals surface area contributed by atoms with Gasteiger partial charge < -0.3 is 9.47 Å². The van der Waals surface area contributed by atoms with Gasteiger partial charge in [0.05, 0.1) is 0 Å². The molecule has 1 fully saturated rings. The van der Waals surface area contributed by atoms with E-state index >= 15 is 0 Å². The Labute approximate surface area is 122 Å². The smallest absolute Gasteiger partial charge is 0.141 e. The summed E-state index contributed by atoms with van der Waals surface area (Å²) in [6.45, 7) is 8.45. The van der Waals surface area contributed by atoms with Crippen LogP contribution in [0.5, 0.6) is 0 Å². The highest BCUT2D eigenvalue weighted by Crippen LogP contribution is 2.18. The number of rotatable bonds is 3. The Bertz CT molecular complexity index is 592. The number of fused-ring (bicyclic) bond motifs is 1. The van der Waals surface area contributed by atoms with E-state index in [1.165, 1.54) is 11.0 Å². The molecule has 4 heteroatoms. The SMILES string of the molecule is C=C1CCN(CCn2ccc3ccc(Br)nc32)CC1. The van der Waals surface area contributed by atoms with Crippen LogP contribution in [0, 0.1) is 0 Å². The third-order valence-corrected chi connectivity index (χ3v) is 4.24. The molecule has 1 aliphatic heterocycles. The summed E-state index contributed by atoms with van der Waals surface area (Å²) in [5.74, 6) is 0. The van der Waals surface area contributed by atoms with Crippen LogP contribution in [-0.4, -0.2) is 34.1 Å². The molecule has 0 saturated carbocycles. The standard InChI is InChI=1S/C15H18BrN3/c1-12-4-7-18(8-5-12)10-11-19-9-6-13-2-3-14(16)17-15(13)19/h2-3,6,9H,1,4-5,7-8,10-11H2. The van der Waals surface area contributed by atoms with Crippen LogP contribution < -0.4 is 0 Å². The first kappa shape index (κ1) is 12.9. The predicted octanol–water partition coefficient (Wildman–Crippen LogP) is 3.45. The molecule has 0 N–H and O–H groups in total. The van der Waals surface area contributed by atoms with Crippen LogP contribution in [0.3, 0.4) is 0 Å². The van der Waals surface area contributed by atoms with Gasteiger partial charge in [0.15, 0.2) is 0 Å². The molecule has 1 saturated heterocycles. The zero-order chi connectivity index (χ0) is 13.2. The molecular formula is C15H18BrN3. The maximum atomic E-state index is 4.56. The van der Waals surface area contributed by atoms with Crippen LogP contribution in [0.15, 0.2) is 41.2 Å². The van der Waals surface area contributed by atoms with E-state index in [9.17, 15) is 0 Å². The van der Waals surface area contributed by atoms with E-state index in [0.29, 0.717) is 0 Å². The van der Waals surface area contributed by atoms with Gasteiger partial charge in [-0.2, -0.15) is 0 Å². The lowest BCUT2D eigenvalue weighted by Crippen LogP contribution is -2.33. The fourth-order valence-corrected chi connectivity index (χ4v) is 2.86. The van der Waals surface area contributed by atoms with Crippen LogP contribution in [0.1, 0.15) is 12.8 Å². The summed E-state index contributed by atoms with van der Waals surface area (Å²) in [5, 5.41) is 1.20. The minimum Gasteiger partial charge on any atom is -0.331 e. The molecule has 3 heterocycles. The van der Waals surface area contributed by atoms with E-state index in [1.54, 1.807) is 0 Å². The lowest BCUT2D eigenvalue weighted by atomic mass is 10.1. The second-order valence-corrected chi connectivity index (χ2v) is 5.96. The summed E-state index contributed by atoms with van der Waals surface area (Å²) in [6.07, 6.45) is 4.43. The third kappa shape index (κ3) is 2.90. The fourth-order valence-electron chi connectivity index (χ4n) is 2.56. The maximum Gasteiger partial charge on any atom is 0.141 e. The maximum absolute atomic E-state index is 4.56. The molecule has 2 aromatic heterocycles. The molecule has 0 unspecified atom stereocenters. The monoisotopic (exact) mass is 319 g/mol. The lowest BCUT2D eigenvalue weighted by molar-refractivity contribution is 0.248. The second kappa shape index (κ2) is 5.47. The average Bonchev–Trinajstić information content (AvgIpc) is 2.80. The summed E-state index contributed by atoms with van der Waals surface area (Å²) in [7, 11) is 0. The van der Waals surface area contributed by atoms with Crippen LogP contribution >= 0.6 is 15.9 Å². The van der Waals surface area contributed by atoms with Crippen LogP contribution in [0.25, 0.3) is 11.0 Å². The van der Waals surface area contributed by atoms with Gasteiger partial charge in [0, 0.05) is 37.8 Å². The molecule has 3 rings (SSSR count). The van der Waals surface area contributed by atoms with E-state index in [-0.39, 0.29) is 0 Å².